The molecule has 0 saturated carbocycles. The minimum atomic E-state index is -0.417. The van der Waals surface area contributed by atoms with Crippen molar-refractivity contribution < 1.29 is 0 Å². The number of para-hydroxylation sites is 1. The van der Waals surface area contributed by atoms with E-state index in [4.69, 9.17) is 6.57 Å². The molecule has 0 heterocycles. The second-order valence-electron chi connectivity index (χ2n) is 4.84. The number of rotatable bonds is 2. The van der Waals surface area contributed by atoms with Crippen molar-refractivity contribution in [1.82, 2.24) is 0 Å². The van der Waals surface area contributed by atoms with Crippen molar-refractivity contribution in [3.63, 3.8) is 0 Å². The maximum Gasteiger partial charge on any atom is 0.192 e. The molecule has 0 spiro atoms. The quantitative estimate of drug-likeness (QED) is 0.598. The van der Waals surface area contributed by atoms with Gasteiger partial charge in [-0.15, -0.1) is 0 Å². The van der Waals surface area contributed by atoms with E-state index in [0.29, 0.717) is 5.69 Å². The van der Waals surface area contributed by atoms with Gasteiger partial charge in [-0.1, -0.05) is 60.7 Å². The van der Waals surface area contributed by atoms with Crippen molar-refractivity contribution in [2.24, 2.45) is 0 Å². The molecule has 98 valence electrons. The van der Waals surface area contributed by atoms with Crippen LogP contribution in [-0.2, 0) is 0 Å². The van der Waals surface area contributed by atoms with Gasteiger partial charge in [0, 0.05) is 0 Å². The molecule has 2 nitrogen and oxygen atoms in total. The Morgan fingerprint density at radius 1 is 0.905 bits per heavy atom. The molecule has 0 saturated heterocycles. The van der Waals surface area contributed by atoms with E-state index in [0.717, 1.165) is 21.9 Å². The molecule has 0 aliphatic heterocycles. The first-order valence-corrected chi connectivity index (χ1v) is 6.68. The number of nitriles is 1. The number of hydrogen-bond acceptors (Lipinski definition) is 1. The van der Waals surface area contributed by atoms with Crippen LogP contribution in [0.25, 0.3) is 15.6 Å². The number of hydrogen-bond donors (Lipinski definition) is 0. The normalized spacial score (nSPS) is 11.5. The molecular weight excluding hydrogens is 256 g/mol. The zero-order valence-electron chi connectivity index (χ0n) is 11.3. The fourth-order valence-electron chi connectivity index (χ4n) is 2.54. The summed E-state index contributed by atoms with van der Waals surface area (Å²) in [6.07, 6.45) is 0. The summed E-state index contributed by atoms with van der Waals surface area (Å²) in [7, 11) is 0. The van der Waals surface area contributed by atoms with Gasteiger partial charge < -0.3 is 0 Å². The first-order chi connectivity index (χ1) is 10.3. The lowest BCUT2D eigenvalue weighted by Crippen LogP contribution is -1.98. The third-order valence-corrected chi connectivity index (χ3v) is 3.60. The van der Waals surface area contributed by atoms with Gasteiger partial charge in [0.1, 0.15) is 0 Å². The predicted octanol–water partition coefficient (Wildman–Crippen LogP) is 5.05. The largest absolute Gasteiger partial charge is 0.238 e. The fourth-order valence-corrected chi connectivity index (χ4v) is 2.54. The van der Waals surface area contributed by atoms with Crippen molar-refractivity contribution in [2.75, 3.05) is 0 Å². The van der Waals surface area contributed by atoms with Crippen molar-refractivity contribution in [3.05, 3.63) is 89.3 Å². The standard InChI is InChI=1S/C19H12N2/c1-21-19-9-5-4-8-17(19)18(13-20)16-11-10-14-6-2-3-7-15(14)12-16/h2-12,18H. The first-order valence-electron chi connectivity index (χ1n) is 6.68. The van der Waals surface area contributed by atoms with Gasteiger partial charge in [0.25, 0.3) is 0 Å². The summed E-state index contributed by atoms with van der Waals surface area (Å²) in [4.78, 5) is 3.53. The number of nitrogens with zero attached hydrogens (tertiary/aromatic N) is 2. The van der Waals surface area contributed by atoms with Gasteiger partial charge in [0.2, 0.25) is 0 Å². The minimum Gasteiger partial charge on any atom is -0.238 e. The molecule has 0 aliphatic carbocycles. The van der Waals surface area contributed by atoms with Crippen molar-refractivity contribution >= 4 is 16.5 Å². The molecule has 0 fully saturated rings. The molecule has 0 bridgehead atoms. The number of benzene rings is 3. The molecular formula is C19H12N2. The summed E-state index contributed by atoms with van der Waals surface area (Å²) in [5, 5.41) is 11.8. The summed E-state index contributed by atoms with van der Waals surface area (Å²) < 4.78 is 0. The highest BCUT2D eigenvalue weighted by molar-refractivity contribution is 5.83. The Labute approximate surface area is 123 Å². The van der Waals surface area contributed by atoms with Crippen LogP contribution in [-0.4, -0.2) is 0 Å². The van der Waals surface area contributed by atoms with E-state index in [1.54, 1.807) is 6.07 Å². The maximum atomic E-state index is 9.57. The van der Waals surface area contributed by atoms with E-state index < -0.39 is 5.92 Å². The average molecular weight is 268 g/mol. The van der Waals surface area contributed by atoms with Crippen molar-refractivity contribution in [2.45, 2.75) is 5.92 Å². The first kappa shape index (κ1) is 12.9. The Hall–Kier alpha value is -3.10. The summed E-state index contributed by atoms with van der Waals surface area (Å²) in [6.45, 7) is 7.26. The van der Waals surface area contributed by atoms with Crippen LogP contribution in [0.2, 0.25) is 0 Å². The molecule has 0 N–H and O–H groups in total. The zero-order valence-corrected chi connectivity index (χ0v) is 11.3. The van der Waals surface area contributed by atoms with E-state index in [1.807, 2.05) is 60.7 Å². The number of fused-ring (bicyclic) bond motifs is 1. The third kappa shape index (κ3) is 2.36. The van der Waals surface area contributed by atoms with Crippen molar-refractivity contribution in [1.29, 1.82) is 5.26 Å². The minimum absolute atomic E-state index is 0.417. The van der Waals surface area contributed by atoms with E-state index in [2.05, 4.69) is 10.9 Å². The summed E-state index contributed by atoms with van der Waals surface area (Å²) in [5.74, 6) is -0.417. The highest BCUT2D eigenvalue weighted by Gasteiger charge is 2.16. The molecule has 1 unspecified atom stereocenters. The molecule has 0 radical (unpaired) electrons. The summed E-state index contributed by atoms with van der Waals surface area (Å²) in [5.41, 5.74) is 2.23. The maximum absolute atomic E-state index is 9.57. The lowest BCUT2D eigenvalue weighted by Gasteiger charge is -2.12. The van der Waals surface area contributed by atoms with Crippen LogP contribution < -0.4 is 0 Å². The van der Waals surface area contributed by atoms with Crippen LogP contribution in [0.1, 0.15) is 17.0 Å². The topological polar surface area (TPSA) is 28.1 Å². The van der Waals surface area contributed by atoms with Crippen LogP contribution in [0.4, 0.5) is 5.69 Å². The molecule has 2 heteroatoms. The molecule has 3 aromatic carbocycles. The molecule has 21 heavy (non-hydrogen) atoms. The Morgan fingerprint density at radius 3 is 2.38 bits per heavy atom. The Bertz CT molecular complexity index is 882. The summed E-state index contributed by atoms with van der Waals surface area (Å²) >= 11 is 0. The average Bonchev–Trinajstić information content (AvgIpc) is 2.56. The molecule has 0 amide bonds. The van der Waals surface area contributed by atoms with Gasteiger partial charge in [0.05, 0.1) is 18.6 Å². The SMILES string of the molecule is [C-]#[N+]c1ccccc1C(C#N)c1ccc2ccccc2c1. The Kier molecular flexibility index (Phi) is 3.37. The van der Waals surface area contributed by atoms with Crippen LogP contribution in [0, 0.1) is 17.9 Å². The van der Waals surface area contributed by atoms with Gasteiger partial charge in [-0.05, 0) is 28.0 Å². The lowest BCUT2D eigenvalue weighted by atomic mass is 9.90. The zero-order chi connectivity index (χ0) is 14.7. The van der Waals surface area contributed by atoms with Gasteiger partial charge in [0.15, 0.2) is 5.69 Å². The van der Waals surface area contributed by atoms with E-state index in [-0.39, 0.29) is 0 Å². The monoisotopic (exact) mass is 268 g/mol. The highest BCUT2D eigenvalue weighted by Crippen LogP contribution is 2.32. The van der Waals surface area contributed by atoms with Crippen LogP contribution in [0.15, 0.2) is 66.7 Å². The highest BCUT2D eigenvalue weighted by atomic mass is 14.6. The van der Waals surface area contributed by atoms with Crippen LogP contribution in [0.5, 0.6) is 0 Å². The predicted molar refractivity (Wildman–Crippen MR) is 84.1 cm³/mol. The van der Waals surface area contributed by atoms with E-state index in [1.165, 1.54) is 0 Å². The van der Waals surface area contributed by atoms with E-state index in [9.17, 15) is 5.26 Å². The fraction of sp³-hybridized carbons (Fsp3) is 0.0526. The molecule has 1 atom stereocenters. The second kappa shape index (κ2) is 5.49. The van der Waals surface area contributed by atoms with Crippen molar-refractivity contribution in [3.8, 4) is 6.07 Å². The van der Waals surface area contributed by atoms with Crippen LogP contribution >= 0.6 is 0 Å². The summed E-state index contributed by atoms with van der Waals surface area (Å²) in [6, 6.07) is 23.7. The van der Waals surface area contributed by atoms with Gasteiger partial charge >= 0.3 is 0 Å². The molecule has 0 aromatic heterocycles. The molecule has 3 rings (SSSR count). The smallest absolute Gasteiger partial charge is 0.192 e. The molecule has 0 aliphatic rings. The third-order valence-electron chi connectivity index (χ3n) is 3.60. The van der Waals surface area contributed by atoms with Crippen LogP contribution in [0.3, 0.4) is 0 Å². The lowest BCUT2D eigenvalue weighted by molar-refractivity contribution is 1.05. The van der Waals surface area contributed by atoms with Gasteiger partial charge in [-0.25, -0.2) is 4.85 Å². The van der Waals surface area contributed by atoms with E-state index >= 15 is 0 Å². The molecule has 3 aromatic rings. The Morgan fingerprint density at radius 2 is 1.62 bits per heavy atom. The second-order valence-corrected chi connectivity index (χ2v) is 4.84. The Balaban J connectivity index is 2.15. The van der Waals surface area contributed by atoms with Gasteiger partial charge in [-0.2, -0.15) is 5.26 Å². The van der Waals surface area contributed by atoms with Gasteiger partial charge in [-0.3, -0.25) is 0 Å².